The van der Waals surface area contributed by atoms with E-state index in [1.807, 2.05) is 12.1 Å². The fraction of sp³-hybridized carbons (Fsp3) is 0.316. The summed E-state index contributed by atoms with van der Waals surface area (Å²) < 4.78 is 3.20. The average molecular weight is 353 g/mol. The maximum atomic E-state index is 12.6. The Morgan fingerprint density at radius 2 is 1.81 bits per heavy atom. The van der Waals surface area contributed by atoms with E-state index in [2.05, 4.69) is 29.0 Å². The zero-order valence-electron chi connectivity index (χ0n) is 15.5. The highest BCUT2D eigenvalue weighted by atomic mass is 16.2. The van der Waals surface area contributed by atoms with Crippen LogP contribution in [0.1, 0.15) is 24.2 Å². The number of anilines is 2. The number of pyridine rings is 1. The van der Waals surface area contributed by atoms with Gasteiger partial charge in [-0.25, -0.2) is 4.79 Å². The van der Waals surface area contributed by atoms with Crippen LogP contribution in [0.25, 0.3) is 11.0 Å². The number of amides is 1. The predicted molar refractivity (Wildman–Crippen MR) is 104 cm³/mol. The smallest absolute Gasteiger partial charge is 0.328 e. The molecule has 0 fully saturated rings. The van der Waals surface area contributed by atoms with Gasteiger partial charge in [0.25, 0.3) is 5.91 Å². The minimum Gasteiger partial charge on any atom is -0.370 e. The van der Waals surface area contributed by atoms with E-state index in [9.17, 15) is 9.59 Å². The van der Waals surface area contributed by atoms with Gasteiger partial charge in [0.2, 0.25) is 0 Å². The fourth-order valence-corrected chi connectivity index (χ4v) is 3.15. The molecule has 1 aromatic carbocycles. The molecule has 2 aromatic heterocycles. The molecule has 0 saturated heterocycles. The number of hydrogen-bond donors (Lipinski definition) is 1. The molecular weight excluding hydrogens is 330 g/mol. The normalized spacial score (nSPS) is 10.9. The first-order valence-corrected chi connectivity index (χ1v) is 8.63. The van der Waals surface area contributed by atoms with Crippen molar-refractivity contribution in [2.45, 2.75) is 13.8 Å². The summed E-state index contributed by atoms with van der Waals surface area (Å²) in [6.45, 7) is 5.70. The summed E-state index contributed by atoms with van der Waals surface area (Å²) in [6.07, 6.45) is 3.16. The lowest BCUT2D eigenvalue weighted by molar-refractivity contribution is 0.102. The Bertz CT molecular complexity index is 1000. The number of benzene rings is 1. The largest absolute Gasteiger partial charge is 0.370 e. The second kappa shape index (κ2) is 7.03. The number of imidazole rings is 1. The number of carbonyl (C=O) groups excluding carboxylic acids is 1. The molecule has 2 heterocycles. The van der Waals surface area contributed by atoms with Gasteiger partial charge in [-0.1, -0.05) is 0 Å². The summed E-state index contributed by atoms with van der Waals surface area (Å²) in [5.41, 5.74) is 3.56. The minimum absolute atomic E-state index is 0.0961. The Morgan fingerprint density at radius 1 is 1.15 bits per heavy atom. The topological polar surface area (TPSA) is 72.2 Å². The van der Waals surface area contributed by atoms with Crippen LogP contribution in [0.15, 0.2) is 41.5 Å². The van der Waals surface area contributed by atoms with Crippen molar-refractivity contribution in [3.63, 3.8) is 0 Å². The molecule has 26 heavy (non-hydrogen) atoms. The number of hydrogen-bond acceptors (Lipinski definition) is 4. The zero-order valence-corrected chi connectivity index (χ0v) is 15.5. The highest BCUT2D eigenvalue weighted by molar-refractivity contribution is 6.07. The van der Waals surface area contributed by atoms with Gasteiger partial charge in [-0.3, -0.25) is 18.9 Å². The molecule has 7 heteroatoms. The lowest BCUT2D eigenvalue weighted by atomic mass is 10.2. The van der Waals surface area contributed by atoms with Gasteiger partial charge in [0.1, 0.15) is 0 Å². The van der Waals surface area contributed by atoms with Crippen LogP contribution in [0, 0.1) is 0 Å². The van der Waals surface area contributed by atoms with Gasteiger partial charge in [-0.05, 0) is 38.1 Å². The number of fused-ring (bicyclic) bond motifs is 1. The number of aromatic nitrogens is 3. The molecular formula is C19H23N5O2. The Hall–Kier alpha value is -3.09. The van der Waals surface area contributed by atoms with Crippen molar-refractivity contribution >= 4 is 28.3 Å². The molecule has 0 aliphatic heterocycles. The summed E-state index contributed by atoms with van der Waals surface area (Å²) in [5, 5.41) is 2.98. The molecule has 1 amide bonds. The van der Waals surface area contributed by atoms with E-state index in [4.69, 9.17) is 0 Å². The molecule has 0 unspecified atom stereocenters. The van der Waals surface area contributed by atoms with Gasteiger partial charge in [0.05, 0.1) is 28.0 Å². The van der Waals surface area contributed by atoms with E-state index in [1.54, 1.807) is 41.6 Å². The van der Waals surface area contributed by atoms with Crippen molar-refractivity contribution in [2.24, 2.45) is 14.1 Å². The summed E-state index contributed by atoms with van der Waals surface area (Å²) >= 11 is 0. The fourth-order valence-electron chi connectivity index (χ4n) is 3.15. The maximum absolute atomic E-state index is 12.6. The summed E-state index contributed by atoms with van der Waals surface area (Å²) in [7, 11) is 3.49. The third-order valence-electron chi connectivity index (χ3n) is 4.67. The monoisotopic (exact) mass is 353 g/mol. The first-order valence-electron chi connectivity index (χ1n) is 8.63. The van der Waals surface area contributed by atoms with E-state index in [-0.39, 0.29) is 11.6 Å². The number of nitrogens with one attached hydrogen (secondary N) is 1. The summed E-state index contributed by atoms with van der Waals surface area (Å²) in [5.74, 6) is -0.230. The molecule has 3 rings (SSSR count). The van der Waals surface area contributed by atoms with Crippen LogP contribution < -0.4 is 15.9 Å². The van der Waals surface area contributed by atoms with Gasteiger partial charge in [-0.15, -0.1) is 0 Å². The molecule has 136 valence electrons. The van der Waals surface area contributed by atoms with Crippen LogP contribution in [0.2, 0.25) is 0 Å². The number of rotatable bonds is 5. The second-order valence-electron chi connectivity index (χ2n) is 6.13. The number of carbonyl (C=O) groups is 1. The van der Waals surface area contributed by atoms with Crippen LogP contribution >= 0.6 is 0 Å². The molecule has 0 saturated carbocycles. The van der Waals surface area contributed by atoms with Crippen molar-refractivity contribution in [3.8, 4) is 0 Å². The molecule has 0 spiro atoms. The Morgan fingerprint density at radius 3 is 2.38 bits per heavy atom. The quantitative estimate of drug-likeness (QED) is 0.764. The van der Waals surface area contributed by atoms with Gasteiger partial charge in [0.15, 0.2) is 0 Å². The Labute approximate surface area is 151 Å². The van der Waals surface area contributed by atoms with Crippen molar-refractivity contribution in [3.05, 3.63) is 52.7 Å². The third kappa shape index (κ3) is 2.96. The number of nitrogens with zero attached hydrogens (tertiary/aromatic N) is 4. The van der Waals surface area contributed by atoms with Crippen molar-refractivity contribution < 1.29 is 4.79 Å². The molecule has 0 aliphatic rings. The molecule has 3 aromatic rings. The van der Waals surface area contributed by atoms with Crippen LogP contribution in [-0.2, 0) is 14.1 Å². The lowest BCUT2D eigenvalue weighted by Gasteiger charge is -2.24. The van der Waals surface area contributed by atoms with Crippen LogP contribution in [0.5, 0.6) is 0 Å². The SMILES string of the molecule is CCN(CC)c1cc2c(cc1NC(=O)c1cccnc1)n(C)c(=O)n2C. The Balaban J connectivity index is 2.15. The zero-order chi connectivity index (χ0) is 18.8. The Kier molecular flexibility index (Phi) is 4.79. The molecule has 7 nitrogen and oxygen atoms in total. The predicted octanol–water partition coefficient (Wildman–Crippen LogP) is 2.37. The highest BCUT2D eigenvalue weighted by Crippen LogP contribution is 2.31. The van der Waals surface area contributed by atoms with E-state index in [0.29, 0.717) is 11.3 Å². The first-order chi connectivity index (χ1) is 12.5. The van der Waals surface area contributed by atoms with Gasteiger partial charge < -0.3 is 10.2 Å². The maximum Gasteiger partial charge on any atom is 0.328 e. The summed E-state index contributed by atoms with van der Waals surface area (Å²) in [6, 6.07) is 7.27. The second-order valence-corrected chi connectivity index (χ2v) is 6.13. The van der Waals surface area contributed by atoms with E-state index in [0.717, 1.165) is 29.8 Å². The van der Waals surface area contributed by atoms with Crippen molar-refractivity contribution in [1.82, 2.24) is 14.1 Å². The number of aryl methyl sites for hydroxylation is 2. The average Bonchev–Trinajstić information content (AvgIpc) is 2.87. The summed E-state index contributed by atoms with van der Waals surface area (Å²) in [4.78, 5) is 31.0. The van der Waals surface area contributed by atoms with Crippen molar-refractivity contribution in [2.75, 3.05) is 23.3 Å². The third-order valence-corrected chi connectivity index (χ3v) is 4.67. The molecule has 1 N–H and O–H groups in total. The highest BCUT2D eigenvalue weighted by Gasteiger charge is 2.17. The van der Waals surface area contributed by atoms with E-state index in [1.165, 1.54) is 6.20 Å². The van der Waals surface area contributed by atoms with Crippen LogP contribution in [-0.4, -0.2) is 33.1 Å². The standard InChI is InChI=1S/C19H23N5O2/c1-5-24(6-2)15-11-17-16(22(3)19(26)23(17)4)10-14(15)21-18(25)13-8-7-9-20-12-13/h7-12H,5-6H2,1-4H3,(H,21,25). The van der Waals surface area contributed by atoms with Crippen molar-refractivity contribution in [1.29, 1.82) is 0 Å². The molecule has 0 aliphatic carbocycles. The van der Waals surface area contributed by atoms with Gasteiger partial charge in [-0.2, -0.15) is 0 Å². The van der Waals surface area contributed by atoms with Gasteiger partial charge >= 0.3 is 5.69 Å². The van der Waals surface area contributed by atoms with E-state index < -0.39 is 0 Å². The minimum atomic E-state index is -0.230. The van der Waals surface area contributed by atoms with Crippen LogP contribution in [0.4, 0.5) is 11.4 Å². The van der Waals surface area contributed by atoms with Crippen LogP contribution in [0.3, 0.4) is 0 Å². The molecule has 0 bridgehead atoms. The molecule has 0 radical (unpaired) electrons. The first kappa shape index (κ1) is 17.7. The molecule has 0 atom stereocenters. The van der Waals surface area contributed by atoms with E-state index >= 15 is 0 Å². The van der Waals surface area contributed by atoms with Gasteiger partial charge in [0, 0.05) is 39.6 Å². The lowest BCUT2D eigenvalue weighted by Crippen LogP contribution is -2.24.